The number of thioether (sulfide) groups is 1. The van der Waals surface area contributed by atoms with Crippen LogP contribution in [-0.4, -0.2) is 40.4 Å². The molecule has 0 radical (unpaired) electrons. The summed E-state index contributed by atoms with van der Waals surface area (Å²) in [4.78, 5) is 18.5. The molecule has 1 aromatic heterocycles. The summed E-state index contributed by atoms with van der Waals surface area (Å²) in [5, 5.41) is 0. The first-order valence-electron chi connectivity index (χ1n) is 6.34. The first-order valence-corrected chi connectivity index (χ1v) is 7.49. The predicted octanol–water partition coefficient (Wildman–Crippen LogP) is 1.81. The van der Waals surface area contributed by atoms with Gasteiger partial charge in [-0.1, -0.05) is 6.92 Å². The maximum absolute atomic E-state index is 12.4. The SMILES string of the molecule is CCc1cc(C(=O)N2CCCSCC2)cc(N)n1. The Morgan fingerprint density at radius 2 is 2.28 bits per heavy atom. The molecule has 1 aliphatic rings. The number of rotatable bonds is 2. The number of nitrogen functional groups attached to an aromatic ring is 1. The number of nitrogens with two attached hydrogens (primary N) is 1. The van der Waals surface area contributed by atoms with Crippen LogP contribution in [0.3, 0.4) is 0 Å². The molecule has 1 aromatic rings. The third kappa shape index (κ3) is 3.16. The highest BCUT2D eigenvalue weighted by molar-refractivity contribution is 7.99. The van der Waals surface area contributed by atoms with Crippen LogP contribution >= 0.6 is 11.8 Å². The Hall–Kier alpha value is -1.23. The van der Waals surface area contributed by atoms with Gasteiger partial charge in [0, 0.05) is 30.1 Å². The predicted molar refractivity (Wildman–Crippen MR) is 75.9 cm³/mol. The number of aryl methyl sites for hydroxylation is 1. The Bertz CT molecular complexity index is 428. The molecule has 18 heavy (non-hydrogen) atoms. The molecule has 1 aliphatic heterocycles. The molecule has 1 saturated heterocycles. The van der Waals surface area contributed by atoms with Crippen LogP contribution in [0.15, 0.2) is 12.1 Å². The van der Waals surface area contributed by atoms with E-state index in [1.54, 1.807) is 6.07 Å². The summed E-state index contributed by atoms with van der Waals surface area (Å²) < 4.78 is 0. The first-order chi connectivity index (χ1) is 8.70. The lowest BCUT2D eigenvalue weighted by molar-refractivity contribution is 0.0768. The van der Waals surface area contributed by atoms with Gasteiger partial charge in [-0.15, -0.1) is 0 Å². The lowest BCUT2D eigenvalue weighted by atomic mass is 10.1. The van der Waals surface area contributed by atoms with Crippen molar-refractivity contribution in [1.29, 1.82) is 0 Å². The van der Waals surface area contributed by atoms with Crippen molar-refractivity contribution in [2.24, 2.45) is 0 Å². The van der Waals surface area contributed by atoms with Crippen molar-refractivity contribution in [3.63, 3.8) is 0 Å². The zero-order chi connectivity index (χ0) is 13.0. The average Bonchev–Trinajstić information content (AvgIpc) is 2.65. The van der Waals surface area contributed by atoms with Crippen molar-refractivity contribution in [2.45, 2.75) is 19.8 Å². The zero-order valence-corrected chi connectivity index (χ0v) is 11.5. The molecule has 2 rings (SSSR count). The number of nitrogens with zero attached hydrogens (tertiary/aromatic N) is 2. The second kappa shape index (κ2) is 6.09. The van der Waals surface area contributed by atoms with Gasteiger partial charge in [-0.05, 0) is 30.7 Å². The highest BCUT2D eigenvalue weighted by atomic mass is 32.2. The zero-order valence-electron chi connectivity index (χ0n) is 10.7. The molecule has 0 aliphatic carbocycles. The molecule has 98 valence electrons. The summed E-state index contributed by atoms with van der Waals surface area (Å²) in [5.41, 5.74) is 7.30. The maximum atomic E-state index is 12.4. The molecule has 0 saturated carbocycles. The molecule has 2 heterocycles. The number of hydrogen-bond donors (Lipinski definition) is 1. The molecule has 0 atom stereocenters. The second-order valence-electron chi connectivity index (χ2n) is 4.38. The monoisotopic (exact) mass is 265 g/mol. The second-order valence-corrected chi connectivity index (χ2v) is 5.61. The van der Waals surface area contributed by atoms with Gasteiger partial charge in [0.2, 0.25) is 0 Å². The Balaban J connectivity index is 2.18. The van der Waals surface area contributed by atoms with Crippen LogP contribution in [0.5, 0.6) is 0 Å². The van der Waals surface area contributed by atoms with Crippen molar-refractivity contribution in [3.8, 4) is 0 Å². The number of carbonyl (C=O) groups is 1. The quantitative estimate of drug-likeness (QED) is 0.886. The Labute approximate surface area is 112 Å². The molecule has 4 nitrogen and oxygen atoms in total. The summed E-state index contributed by atoms with van der Waals surface area (Å²) in [6.45, 7) is 3.68. The van der Waals surface area contributed by atoms with Gasteiger partial charge in [0.05, 0.1) is 0 Å². The summed E-state index contributed by atoms with van der Waals surface area (Å²) in [6.07, 6.45) is 1.86. The van der Waals surface area contributed by atoms with Crippen molar-refractivity contribution >= 4 is 23.5 Å². The minimum Gasteiger partial charge on any atom is -0.384 e. The van der Waals surface area contributed by atoms with Crippen LogP contribution in [0, 0.1) is 0 Å². The summed E-state index contributed by atoms with van der Waals surface area (Å²) >= 11 is 1.91. The van der Waals surface area contributed by atoms with Crippen LogP contribution in [0.1, 0.15) is 29.4 Å². The van der Waals surface area contributed by atoms with Gasteiger partial charge in [0.25, 0.3) is 5.91 Å². The molecular formula is C13H19N3OS. The lowest BCUT2D eigenvalue weighted by Crippen LogP contribution is -2.33. The van der Waals surface area contributed by atoms with E-state index >= 15 is 0 Å². The smallest absolute Gasteiger partial charge is 0.254 e. The fraction of sp³-hybridized carbons (Fsp3) is 0.538. The number of amides is 1. The van der Waals surface area contributed by atoms with Gasteiger partial charge >= 0.3 is 0 Å². The minimum atomic E-state index is 0.0845. The number of anilines is 1. The van der Waals surface area contributed by atoms with Crippen LogP contribution in [0.2, 0.25) is 0 Å². The largest absolute Gasteiger partial charge is 0.384 e. The van der Waals surface area contributed by atoms with Gasteiger partial charge in [-0.25, -0.2) is 4.98 Å². The molecule has 0 aromatic carbocycles. The van der Waals surface area contributed by atoms with Crippen molar-refractivity contribution < 1.29 is 4.79 Å². The third-order valence-electron chi connectivity index (χ3n) is 3.02. The molecule has 0 unspecified atom stereocenters. The average molecular weight is 265 g/mol. The van der Waals surface area contributed by atoms with E-state index in [0.717, 1.165) is 43.1 Å². The molecule has 0 bridgehead atoms. The van der Waals surface area contributed by atoms with Crippen LogP contribution < -0.4 is 5.73 Å². The van der Waals surface area contributed by atoms with Gasteiger partial charge in [0.15, 0.2) is 0 Å². The number of aromatic nitrogens is 1. The first kappa shape index (κ1) is 13.2. The van der Waals surface area contributed by atoms with Crippen LogP contribution in [-0.2, 0) is 6.42 Å². The van der Waals surface area contributed by atoms with Crippen molar-refractivity contribution in [1.82, 2.24) is 9.88 Å². The van der Waals surface area contributed by atoms with Crippen molar-refractivity contribution in [2.75, 3.05) is 30.3 Å². The molecule has 5 heteroatoms. The Kier molecular flexibility index (Phi) is 4.47. The van der Waals surface area contributed by atoms with Crippen LogP contribution in [0.4, 0.5) is 5.82 Å². The van der Waals surface area contributed by atoms with E-state index in [4.69, 9.17) is 5.73 Å². The van der Waals surface area contributed by atoms with E-state index in [1.807, 2.05) is 29.7 Å². The number of pyridine rings is 1. The molecule has 2 N–H and O–H groups in total. The number of carbonyl (C=O) groups excluding carboxylic acids is 1. The highest BCUT2D eigenvalue weighted by Crippen LogP contribution is 2.15. The fourth-order valence-corrected chi connectivity index (χ4v) is 2.93. The van der Waals surface area contributed by atoms with Gasteiger partial charge < -0.3 is 10.6 Å². The van der Waals surface area contributed by atoms with E-state index < -0.39 is 0 Å². The van der Waals surface area contributed by atoms with Gasteiger partial charge in [-0.3, -0.25) is 4.79 Å². The Morgan fingerprint density at radius 1 is 1.44 bits per heavy atom. The third-order valence-corrected chi connectivity index (χ3v) is 4.07. The Morgan fingerprint density at radius 3 is 3.06 bits per heavy atom. The summed E-state index contributed by atoms with van der Waals surface area (Å²) in [6, 6.07) is 3.54. The highest BCUT2D eigenvalue weighted by Gasteiger charge is 2.18. The fourth-order valence-electron chi connectivity index (χ4n) is 2.05. The molecule has 0 spiro atoms. The standard InChI is InChI=1S/C13H19N3OS/c1-2-11-8-10(9-12(14)15-11)13(17)16-4-3-6-18-7-5-16/h8-9H,2-7H2,1H3,(H2,14,15). The molecular weight excluding hydrogens is 246 g/mol. The topological polar surface area (TPSA) is 59.2 Å². The maximum Gasteiger partial charge on any atom is 0.254 e. The van der Waals surface area contributed by atoms with E-state index in [2.05, 4.69) is 4.98 Å². The van der Waals surface area contributed by atoms with E-state index in [0.29, 0.717) is 11.4 Å². The molecule has 1 fully saturated rings. The normalized spacial score (nSPS) is 16.4. The van der Waals surface area contributed by atoms with E-state index in [1.165, 1.54) is 0 Å². The number of hydrogen-bond acceptors (Lipinski definition) is 4. The summed E-state index contributed by atoms with van der Waals surface area (Å²) in [7, 11) is 0. The van der Waals surface area contributed by atoms with Gasteiger partial charge in [-0.2, -0.15) is 11.8 Å². The summed E-state index contributed by atoms with van der Waals surface area (Å²) in [5.74, 6) is 2.68. The molecule has 1 amide bonds. The lowest BCUT2D eigenvalue weighted by Gasteiger charge is -2.20. The minimum absolute atomic E-state index is 0.0845. The van der Waals surface area contributed by atoms with Crippen molar-refractivity contribution in [3.05, 3.63) is 23.4 Å². The van der Waals surface area contributed by atoms with E-state index in [9.17, 15) is 4.79 Å². The van der Waals surface area contributed by atoms with Crippen LogP contribution in [0.25, 0.3) is 0 Å². The van der Waals surface area contributed by atoms with E-state index in [-0.39, 0.29) is 5.91 Å². The van der Waals surface area contributed by atoms with Gasteiger partial charge in [0.1, 0.15) is 5.82 Å².